The number of aromatic nitrogens is 3. The summed E-state index contributed by atoms with van der Waals surface area (Å²) in [5.74, 6) is -0.242. The van der Waals surface area contributed by atoms with E-state index in [9.17, 15) is 4.79 Å². The first-order valence-corrected chi connectivity index (χ1v) is 9.99. The summed E-state index contributed by atoms with van der Waals surface area (Å²) in [5.41, 5.74) is 8.67. The van der Waals surface area contributed by atoms with Gasteiger partial charge in [0, 0.05) is 24.5 Å². The molecule has 152 valence electrons. The van der Waals surface area contributed by atoms with Crippen molar-refractivity contribution in [3.05, 3.63) is 66.7 Å². The summed E-state index contributed by atoms with van der Waals surface area (Å²) < 4.78 is 7.29. The second-order valence-electron chi connectivity index (χ2n) is 7.44. The van der Waals surface area contributed by atoms with Crippen molar-refractivity contribution < 1.29 is 9.21 Å². The monoisotopic (exact) mass is 402 g/mol. The Morgan fingerprint density at radius 1 is 1.13 bits per heavy atom. The Labute approximate surface area is 173 Å². The summed E-state index contributed by atoms with van der Waals surface area (Å²) in [6.07, 6.45) is 5.21. The van der Waals surface area contributed by atoms with Crippen LogP contribution in [-0.2, 0) is 0 Å². The number of hydrogen-bond donors (Lipinski definition) is 2. The van der Waals surface area contributed by atoms with Crippen molar-refractivity contribution in [2.75, 3.05) is 23.3 Å². The summed E-state index contributed by atoms with van der Waals surface area (Å²) in [5, 5.41) is 8.23. The van der Waals surface area contributed by atoms with Crippen molar-refractivity contribution in [3.63, 3.8) is 0 Å². The van der Waals surface area contributed by atoms with E-state index in [1.165, 1.54) is 6.20 Å². The van der Waals surface area contributed by atoms with Crippen molar-refractivity contribution in [3.8, 4) is 6.01 Å². The van der Waals surface area contributed by atoms with Gasteiger partial charge in [-0.3, -0.25) is 4.79 Å². The fourth-order valence-electron chi connectivity index (χ4n) is 3.86. The van der Waals surface area contributed by atoms with Crippen LogP contribution in [0, 0.1) is 0 Å². The molecule has 1 saturated heterocycles. The molecule has 1 fully saturated rings. The molecule has 2 aromatic heterocycles. The van der Waals surface area contributed by atoms with Crippen molar-refractivity contribution in [2.24, 2.45) is 5.73 Å². The standard InChI is InChI=1S/C22H22N6O2/c23-16-7-5-11-27(14-16)19-10-4-2-8-17(19)26-21(29)20-13-24-22(30-20)28-18-9-3-1-6-15(18)12-25-28/h1-4,6,8-10,12-13,16H,5,7,11,14,23H2,(H,26,29)/t16-/m0/s1. The Hall–Kier alpha value is -3.65. The number of piperidine rings is 1. The molecule has 1 atom stereocenters. The number of fused-ring (bicyclic) bond motifs is 1. The first-order valence-electron chi connectivity index (χ1n) is 9.99. The van der Waals surface area contributed by atoms with Crippen molar-refractivity contribution in [2.45, 2.75) is 18.9 Å². The minimum absolute atomic E-state index is 0.120. The van der Waals surface area contributed by atoms with E-state index >= 15 is 0 Å². The number of para-hydroxylation sites is 3. The summed E-state index contributed by atoms with van der Waals surface area (Å²) in [7, 11) is 0. The molecule has 1 aliphatic heterocycles. The average Bonchev–Trinajstić information content (AvgIpc) is 3.41. The molecule has 0 bridgehead atoms. The Morgan fingerprint density at radius 3 is 2.87 bits per heavy atom. The van der Waals surface area contributed by atoms with E-state index in [0.29, 0.717) is 0 Å². The van der Waals surface area contributed by atoms with Crippen LogP contribution in [0.25, 0.3) is 16.9 Å². The van der Waals surface area contributed by atoms with E-state index in [-0.39, 0.29) is 23.7 Å². The molecule has 3 N–H and O–H groups in total. The second kappa shape index (κ2) is 7.64. The molecule has 4 aromatic rings. The molecule has 0 saturated carbocycles. The average molecular weight is 402 g/mol. The third-order valence-electron chi connectivity index (χ3n) is 5.33. The third kappa shape index (κ3) is 3.42. The van der Waals surface area contributed by atoms with E-state index in [0.717, 1.165) is 48.2 Å². The number of oxazole rings is 1. The van der Waals surface area contributed by atoms with E-state index in [4.69, 9.17) is 10.2 Å². The topological polar surface area (TPSA) is 102 Å². The number of hydrogen-bond acceptors (Lipinski definition) is 6. The summed E-state index contributed by atoms with van der Waals surface area (Å²) in [4.78, 5) is 19.3. The molecule has 5 rings (SSSR count). The molecule has 30 heavy (non-hydrogen) atoms. The molecular formula is C22H22N6O2. The Bertz CT molecular complexity index is 1200. The molecule has 0 spiro atoms. The maximum absolute atomic E-state index is 12.8. The van der Waals surface area contributed by atoms with Gasteiger partial charge in [-0.2, -0.15) is 14.8 Å². The summed E-state index contributed by atoms with van der Waals surface area (Å²) in [6.45, 7) is 1.69. The maximum atomic E-state index is 12.8. The summed E-state index contributed by atoms with van der Waals surface area (Å²) in [6, 6.07) is 15.9. The summed E-state index contributed by atoms with van der Waals surface area (Å²) >= 11 is 0. The number of nitrogens with one attached hydrogen (secondary N) is 1. The highest BCUT2D eigenvalue weighted by molar-refractivity contribution is 6.04. The molecule has 1 aliphatic rings. The van der Waals surface area contributed by atoms with E-state index in [2.05, 4.69) is 20.3 Å². The smallest absolute Gasteiger partial charge is 0.324 e. The van der Waals surface area contributed by atoms with Crippen molar-refractivity contribution in [1.82, 2.24) is 14.8 Å². The van der Waals surface area contributed by atoms with Gasteiger partial charge >= 0.3 is 6.01 Å². The Kier molecular flexibility index (Phi) is 4.68. The SMILES string of the molecule is N[C@H]1CCCN(c2ccccc2NC(=O)c2cnc(-n3ncc4ccccc43)o2)C1. The molecule has 0 aliphatic carbocycles. The zero-order chi connectivity index (χ0) is 20.5. The number of carbonyl (C=O) groups is 1. The normalized spacial score (nSPS) is 16.7. The van der Waals surface area contributed by atoms with Gasteiger partial charge < -0.3 is 20.4 Å². The van der Waals surface area contributed by atoms with Gasteiger partial charge in [0.25, 0.3) is 5.91 Å². The van der Waals surface area contributed by atoms with E-state index in [1.807, 2.05) is 48.5 Å². The van der Waals surface area contributed by atoms with Crippen LogP contribution in [0.4, 0.5) is 11.4 Å². The highest BCUT2D eigenvalue weighted by Crippen LogP contribution is 2.28. The first kappa shape index (κ1) is 18.4. The number of amides is 1. The second-order valence-corrected chi connectivity index (χ2v) is 7.44. The number of nitrogens with zero attached hydrogens (tertiary/aromatic N) is 4. The number of nitrogens with two attached hydrogens (primary N) is 1. The zero-order valence-corrected chi connectivity index (χ0v) is 16.4. The third-order valence-corrected chi connectivity index (χ3v) is 5.33. The van der Waals surface area contributed by atoms with Crippen LogP contribution in [0.2, 0.25) is 0 Å². The van der Waals surface area contributed by atoms with Gasteiger partial charge in [-0.15, -0.1) is 0 Å². The lowest BCUT2D eigenvalue weighted by Crippen LogP contribution is -2.43. The van der Waals surface area contributed by atoms with Crippen molar-refractivity contribution in [1.29, 1.82) is 0 Å². The lowest BCUT2D eigenvalue weighted by atomic mass is 10.1. The van der Waals surface area contributed by atoms with Crippen LogP contribution in [-0.4, -0.2) is 39.8 Å². The highest BCUT2D eigenvalue weighted by Gasteiger charge is 2.21. The van der Waals surface area contributed by atoms with Gasteiger partial charge in [0.15, 0.2) is 0 Å². The fourth-order valence-corrected chi connectivity index (χ4v) is 3.86. The molecule has 0 radical (unpaired) electrons. The van der Waals surface area contributed by atoms with Gasteiger partial charge in [-0.25, -0.2) is 0 Å². The van der Waals surface area contributed by atoms with Crippen LogP contribution < -0.4 is 16.0 Å². The molecule has 0 unspecified atom stereocenters. The van der Waals surface area contributed by atoms with Gasteiger partial charge in [0.2, 0.25) is 5.76 Å². The van der Waals surface area contributed by atoms with E-state index < -0.39 is 0 Å². The fraction of sp³-hybridized carbons (Fsp3) is 0.227. The lowest BCUT2D eigenvalue weighted by molar-refractivity contribution is 0.0996. The number of rotatable bonds is 4. The molecular weight excluding hydrogens is 380 g/mol. The minimum atomic E-state index is -0.362. The van der Waals surface area contributed by atoms with Crippen molar-refractivity contribution >= 4 is 28.2 Å². The molecule has 3 heterocycles. The Morgan fingerprint density at radius 2 is 1.97 bits per heavy atom. The molecule has 2 aromatic carbocycles. The highest BCUT2D eigenvalue weighted by atomic mass is 16.4. The zero-order valence-electron chi connectivity index (χ0n) is 16.4. The predicted molar refractivity (Wildman–Crippen MR) is 115 cm³/mol. The first-order chi connectivity index (χ1) is 14.7. The molecule has 1 amide bonds. The quantitative estimate of drug-likeness (QED) is 0.543. The molecule has 8 nitrogen and oxygen atoms in total. The lowest BCUT2D eigenvalue weighted by Gasteiger charge is -2.33. The van der Waals surface area contributed by atoms with Gasteiger partial charge in [-0.1, -0.05) is 30.3 Å². The van der Waals surface area contributed by atoms with Gasteiger partial charge in [0.1, 0.15) is 0 Å². The van der Waals surface area contributed by atoms with Crippen LogP contribution in [0.1, 0.15) is 23.4 Å². The maximum Gasteiger partial charge on any atom is 0.324 e. The molecule has 8 heteroatoms. The van der Waals surface area contributed by atoms with Crippen LogP contribution in [0.15, 0.2) is 65.3 Å². The van der Waals surface area contributed by atoms with Crippen LogP contribution in [0.3, 0.4) is 0 Å². The number of benzene rings is 2. The van der Waals surface area contributed by atoms with Gasteiger partial charge in [-0.05, 0) is 31.0 Å². The minimum Gasteiger partial charge on any atom is -0.417 e. The number of carbonyl (C=O) groups excluding carboxylic acids is 1. The van der Waals surface area contributed by atoms with E-state index in [1.54, 1.807) is 10.9 Å². The largest absolute Gasteiger partial charge is 0.417 e. The van der Waals surface area contributed by atoms with Crippen LogP contribution in [0.5, 0.6) is 0 Å². The van der Waals surface area contributed by atoms with Crippen LogP contribution >= 0.6 is 0 Å². The Balaban J connectivity index is 1.38. The predicted octanol–water partition coefficient (Wildman–Crippen LogP) is 3.19. The number of anilines is 2. The van der Waals surface area contributed by atoms with Gasteiger partial charge in [0.05, 0.1) is 29.3 Å².